The van der Waals surface area contributed by atoms with Gasteiger partial charge in [0.2, 0.25) is 10.0 Å². The van der Waals surface area contributed by atoms with Gasteiger partial charge >= 0.3 is 0 Å². The van der Waals surface area contributed by atoms with E-state index in [0.717, 1.165) is 0 Å². The Bertz CT molecular complexity index is 775. The summed E-state index contributed by atoms with van der Waals surface area (Å²) in [6, 6.07) is 11.8. The van der Waals surface area contributed by atoms with Gasteiger partial charge < -0.3 is 14.8 Å². The van der Waals surface area contributed by atoms with Crippen LogP contribution in [0.4, 0.5) is 11.4 Å². The second-order valence-electron chi connectivity index (χ2n) is 4.67. The Morgan fingerprint density at radius 1 is 0.957 bits per heavy atom. The highest BCUT2D eigenvalue weighted by atomic mass is 32.2. The van der Waals surface area contributed by atoms with E-state index < -0.39 is 10.0 Å². The lowest BCUT2D eigenvalue weighted by molar-refractivity contribution is 0.289. The fraction of sp³-hybridized carbons (Fsp3) is 0.250. The molecule has 0 saturated carbocycles. The van der Waals surface area contributed by atoms with E-state index >= 15 is 0 Å². The topological polar surface area (TPSA) is 90.6 Å². The largest absolute Gasteiger partial charge is 0.490 e. The maximum Gasteiger partial charge on any atom is 0.240 e. The predicted molar refractivity (Wildman–Crippen MR) is 89.9 cm³/mol. The molecule has 2 aromatic carbocycles. The molecule has 6 nitrogen and oxygen atoms in total. The number of hydrogen-bond acceptors (Lipinski definition) is 5. The van der Waals surface area contributed by atoms with E-state index in [0.29, 0.717) is 36.1 Å². The average molecular weight is 336 g/mol. The first kappa shape index (κ1) is 17.1. The van der Waals surface area contributed by atoms with Crippen molar-refractivity contribution in [2.45, 2.75) is 18.7 Å². The van der Waals surface area contributed by atoms with Gasteiger partial charge in [-0.05, 0) is 38.1 Å². The maximum absolute atomic E-state index is 11.7. The quantitative estimate of drug-likeness (QED) is 0.811. The van der Waals surface area contributed by atoms with Crippen LogP contribution in [0.2, 0.25) is 0 Å². The van der Waals surface area contributed by atoms with Crippen molar-refractivity contribution < 1.29 is 17.9 Å². The number of ether oxygens (including phenoxy) is 2. The van der Waals surface area contributed by atoms with Crippen molar-refractivity contribution in [1.29, 1.82) is 0 Å². The van der Waals surface area contributed by atoms with Gasteiger partial charge in [0.05, 0.1) is 24.6 Å². The van der Waals surface area contributed by atoms with Gasteiger partial charge in [-0.25, -0.2) is 13.6 Å². The first-order chi connectivity index (χ1) is 11.0. The van der Waals surface area contributed by atoms with Crippen molar-refractivity contribution in [2.24, 2.45) is 5.14 Å². The number of anilines is 2. The summed E-state index contributed by atoms with van der Waals surface area (Å²) in [6.07, 6.45) is 0. The summed E-state index contributed by atoms with van der Waals surface area (Å²) in [4.78, 5) is 0.0178. The van der Waals surface area contributed by atoms with Crippen molar-refractivity contribution in [3.8, 4) is 11.5 Å². The molecule has 0 bridgehead atoms. The molecule has 0 aliphatic carbocycles. The molecule has 2 aromatic rings. The van der Waals surface area contributed by atoms with Gasteiger partial charge in [-0.15, -0.1) is 0 Å². The Balaban J connectivity index is 2.47. The van der Waals surface area contributed by atoms with E-state index in [1.54, 1.807) is 36.4 Å². The Hall–Kier alpha value is -2.25. The molecule has 0 unspecified atom stereocenters. The summed E-state index contributed by atoms with van der Waals surface area (Å²) in [7, 11) is -3.83. The van der Waals surface area contributed by atoms with Crippen molar-refractivity contribution >= 4 is 21.4 Å². The predicted octanol–water partition coefficient (Wildman–Crippen LogP) is 2.88. The molecule has 0 radical (unpaired) electrons. The van der Waals surface area contributed by atoms with Crippen LogP contribution in [0.15, 0.2) is 47.4 Å². The normalized spacial score (nSPS) is 11.1. The number of nitrogens with two attached hydrogens (primary N) is 1. The smallest absolute Gasteiger partial charge is 0.240 e. The van der Waals surface area contributed by atoms with Crippen LogP contribution in [-0.4, -0.2) is 21.6 Å². The number of hydrogen-bond donors (Lipinski definition) is 2. The van der Waals surface area contributed by atoms with Gasteiger partial charge in [0.15, 0.2) is 11.5 Å². The molecular weight excluding hydrogens is 316 g/mol. The van der Waals surface area contributed by atoms with E-state index in [-0.39, 0.29) is 4.90 Å². The average Bonchev–Trinajstić information content (AvgIpc) is 2.50. The number of para-hydroxylation sites is 2. The molecule has 0 aliphatic heterocycles. The van der Waals surface area contributed by atoms with Gasteiger partial charge in [-0.3, -0.25) is 0 Å². The molecule has 7 heteroatoms. The molecule has 0 heterocycles. The Morgan fingerprint density at radius 3 is 2.26 bits per heavy atom. The second-order valence-corrected chi connectivity index (χ2v) is 6.19. The first-order valence-corrected chi connectivity index (χ1v) is 8.79. The minimum absolute atomic E-state index is 0.0178. The highest BCUT2D eigenvalue weighted by Crippen LogP contribution is 2.38. The van der Waals surface area contributed by atoms with Crippen LogP contribution >= 0.6 is 0 Å². The first-order valence-electron chi connectivity index (χ1n) is 7.24. The summed E-state index contributed by atoms with van der Waals surface area (Å²) in [6.45, 7) is 4.70. The zero-order valence-corrected chi connectivity index (χ0v) is 13.9. The summed E-state index contributed by atoms with van der Waals surface area (Å²) in [5.41, 5.74) is 0.985. The SMILES string of the molecule is CCOc1cccc(Nc2ccccc2S(N)(=O)=O)c1OCC. The van der Waals surface area contributed by atoms with Gasteiger partial charge in [-0.1, -0.05) is 18.2 Å². The van der Waals surface area contributed by atoms with E-state index in [4.69, 9.17) is 14.6 Å². The zero-order valence-electron chi connectivity index (χ0n) is 13.1. The molecule has 3 N–H and O–H groups in total. The molecule has 0 aromatic heterocycles. The van der Waals surface area contributed by atoms with Crippen molar-refractivity contribution in [3.63, 3.8) is 0 Å². The molecule has 0 atom stereocenters. The monoisotopic (exact) mass is 336 g/mol. The minimum atomic E-state index is -3.83. The molecule has 0 spiro atoms. The van der Waals surface area contributed by atoms with Crippen LogP contribution in [0, 0.1) is 0 Å². The molecule has 0 aliphatic rings. The van der Waals surface area contributed by atoms with Gasteiger partial charge in [0.1, 0.15) is 4.90 Å². The molecule has 0 saturated heterocycles. The lowest BCUT2D eigenvalue weighted by Crippen LogP contribution is -2.14. The van der Waals surface area contributed by atoms with Crippen LogP contribution < -0.4 is 19.9 Å². The molecule has 2 rings (SSSR count). The van der Waals surface area contributed by atoms with Crippen LogP contribution in [0.25, 0.3) is 0 Å². The molecule has 0 fully saturated rings. The van der Waals surface area contributed by atoms with Gasteiger partial charge in [0, 0.05) is 0 Å². The number of nitrogens with one attached hydrogen (secondary N) is 1. The second kappa shape index (κ2) is 7.34. The highest BCUT2D eigenvalue weighted by molar-refractivity contribution is 7.89. The summed E-state index contributed by atoms with van der Waals surface area (Å²) < 4.78 is 34.6. The molecular formula is C16H20N2O4S. The molecule has 0 amide bonds. The molecule has 23 heavy (non-hydrogen) atoms. The Kier molecular flexibility index (Phi) is 5.46. The number of rotatable bonds is 7. The minimum Gasteiger partial charge on any atom is -0.490 e. The van der Waals surface area contributed by atoms with Crippen molar-refractivity contribution in [1.82, 2.24) is 0 Å². The number of benzene rings is 2. The fourth-order valence-corrected chi connectivity index (χ4v) is 2.83. The lowest BCUT2D eigenvalue weighted by Gasteiger charge is -2.17. The third-order valence-electron chi connectivity index (χ3n) is 3.03. The van der Waals surface area contributed by atoms with Crippen LogP contribution in [0.5, 0.6) is 11.5 Å². The third-order valence-corrected chi connectivity index (χ3v) is 4.00. The standard InChI is InChI=1S/C16H20N2O4S/c1-3-21-14-10-7-9-13(16(14)22-4-2)18-12-8-5-6-11-15(12)23(17,19)20/h5-11,18H,3-4H2,1-2H3,(H2,17,19,20). The van der Waals surface area contributed by atoms with E-state index in [1.165, 1.54) is 6.07 Å². The van der Waals surface area contributed by atoms with Crippen LogP contribution in [0.1, 0.15) is 13.8 Å². The third kappa shape index (κ3) is 4.14. The number of sulfonamides is 1. The van der Waals surface area contributed by atoms with Crippen LogP contribution in [-0.2, 0) is 10.0 Å². The van der Waals surface area contributed by atoms with Crippen LogP contribution in [0.3, 0.4) is 0 Å². The van der Waals surface area contributed by atoms with Crippen molar-refractivity contribution in [3.05, 3.63) is 42.5 Å². The van der Waals surface area contributed by atoms with Gasteiger partial charge in [0.25, 0.3) is 0 Å². The Labute approximate surface area is 136 Å². The van der Waals surface area contributed by atoms with Gasteiger partial charge in [-0.2, -0.15) is 0 Å². The summed E-state index contributed by atoms with van der Waals surface area (Å²) >= 11 is 0. The number of primary sulfonamides is 1. The summed E-state index contributed by atoms with van der Waals surface area (Å²) in [5, 5.41) is 8.33. The molecule has 124 valence electrons. The van der Waals surface area contributed by atoms with Crippen molar-refractivity contribution in [2.75, 3.05) is 18.5 Å². The summed E-state index contributed by atoms with van der Waals surface area (Å²) in [5.74, 6) is 1.12. The van der Waals surface area contributed by atoms with E-state index in [1.807, 2.05) is 13.8 Å². The lowest BCUT2D eigenvalue weighted by atomic mass is 10.2. The van der Waals surface area contributed by atoms with E-state index in [9.17, 15) is 8.42 Å². The maximum atomic E-state index is 11.7. The Morgan fingerprint density at radius 2 is 1.61 bits per heavy atom. The highest BCUT2D eigenvalue weighted by Gasteiger charge is 2.16. The fourth-order valence-electron chi connectivity index (χ4n) is 2.14. The van der Waals surface area contributed by atoms with E-state index in [2.05, 4.69) is 5.32 Å². The zero-order chi connectivity index (χ0) is 16.9.